The van der Waals surface area contributed by atoms with Gasteiger partial charge in [0, 0.05) is 57.5 Å². The molecule has 1 aliphatic heterocycles. The van der Waals surface area contributed by atoms with Crippen LogP contribution in [0.25, 0.3) is 5.78 Å². The van der Waals surface area contributed by atoms with Crippen molar-refractivity contribution in [1.29, 1.82) is 0 Å². The van der Waals surface area contributed by atoms with Crippen molar-refractivity contribution in [3.8, 4) is 0 Å². The molecule has 2 fully saturated rings. The average Bonchev–Trinajstić information content (AvgIpc) is 3.70. The zero-order valence-corrected chi connectivity index (χ0v) is 20.2. The molecule has 3 aromatic rings. The van der Waals surface area contributed by atoms with Gasteiger partial charge in [0.25, 0.3) is 5.78 Å². The van der Waals surface area contributed by atoms with Crippen molar-refractivity contribution in [2.75, 3.05) is 0 Å². The molecule has 196 valence electrons. The van der Waals surface area contributed by atoms with E-state index in [0.717, 1.165) is 0 Å². The first kappa shape index (κ1) is 11.7. The van der Waals surface area contributed by atoms with E-state index in [4.69, 9.17) is 23.9 Å². The third-order valence-corrected chi connectivity index (χ3v) is 6.53. The van der Waals surface area contributed by atoms with Crippen LogP contribution in [0.1, 0.15) is 111 Å². The number of esters is 1. The SMILES string of the molecule is [2H]c1c(C([2H])([2H])C([2H])([2H])[2H])nc(C([2H])([2H])C([2H])([2H])[2H])c([2H])c1C([2H])([2H])C([2H])([2H])[C@]1(C2CCCC2)CC(=O)C(C([2H])([2H])c2nc3nc(C)cc(C)n3n2)C(=O)O1. The van der Waals surface area contributed by atoms with Gasteiger partial charge in [-0.2, -0.15) is 4.98 Å². The highest BCUT2D eigenvalue weighted by Gasteiger charge is 2.51. The molecule has 0 N–H and O–H groups in total. The maximum absolute atomic E-state index is 14.2. The van der Waals surface area contributed by atoms with E-state index in [-0.39, 0.29) is 18.6 Å². The summed E-state index contributed by atoms with van der Waals surface area (Å²) in [6.07, 6.45) is -18.2. The molecule has 3 aromatic heterocycles. The number of carbonyl (C=O) groups is 2. The summed E-state index contributed by atoms with van der Waals surface area (Å²) in [6, 6.07) is -1.39. The summed E-state index contributed by atoms with van der Waals surface area (Å²) in [4.78, 5) is 39.9. The minimum absolute atomic E-state index is 0.0444. The van der Waals surface area contributed by atoms with Gasteiger partial charge in [-0.1, -0.05) is 26.5 Å². The van der Waals surface area contributed by atoms with Crippen LogP contribution >= 0.6 is 0 Å². The number of hydrogen-bond donors (Lipinski definition) is 0. The summed E-state index contributed by atoms with van der Waals surface area (Å²) in [5.74, 6) is -6.95. The number of rotatable bonds is 8. The Balaban J connectivity index is 1.71. The number of pyridine rings is 1. The summed E-state index contributed by atoms with van der Waals surface area (Å²) in [6.45, 7) is -4.07. The van der Waals surface area contributed by atoms with Gasteiger partial charge < -0.3 is 4.74 Å². The number of aryl methyl sites for hydroxylation is 4. The Hall–Kier alpha value is -3.16. The fourth-order valence-electron chi connectivity index (χ4n) is 4.84. The number of Topliss-reactive ketones (excluding diaryl/α,β-unsaturated/α-hetero) is 1. The molecule has 5 rings (SSSR count). The smallest absolute Gasteiger partial charge is 0.317 e. The van der Waals surface area contributed by atoms with Gasteiger partial charge in [0.15, 0.2) is 11.6 Å². The molecule has 0 bridgehead atoms. The fourth-order valence-corrected chi connectivity index (χ4v) is 4.84. The number of carbonyl (C=O) groups excluding carboxylic acids is 2. The van der Waals surface area contributed by atoms with Crippen LogP contribution in [0.2, 0.25) is 0 Å². The van der Waals surface area contributed by atoms with Crippen LogP contribution < -0.4 is 0 Å². The number of aromatic nitrogens is 5. The van der Waals surface area contributed by atoms with Crippen molar-refractivity contribution >= 4 is 17.5 Å². The molecular formula is C29H37N5O3. The largest absolute Gasteiger partial charge is 0.458 e. The minimum atomic E-state index is -3.89. The normalized spacial score (nSPS) is 32.4. The van der Waals surface area contributed by atoms with E-state index in [1.54, 1.807) is 19.9 Å². The second-order valence-corrected chi connectivity index (χ2v) is 9.13. The van der Waals surface area contributed by atoms with Crippen molar-refractivity contribution < 1.29 is 39.0 Å². The Kier molecular flexibility index (Phi) is 3.26. The molecule has 8 nitrogen and oxygen atoms in total. The van der Waals surface area contributed by atoms with Crippen LogP contribution in [-0.2, 0) is 39.8 Å². The van der Waals surface area contributed by atoms with E-state index in [9.17, 15) is 15.1 Å². The maximum atomic E-state index is 14.2. The van der Waals surface area contributed by atoms with Crippen LogP contribution in [-0.4, -0.2) is 41.9 Å². The predicted molar refractivity (Wildman–Crippen MR) is 139 cm³/mol. The molecule has 37 heavy (non-hydrogen) atoms. The van der Waals surface area contributed by atoms with Crippen LogP contribution in [0, 0.1) is 25.7 Å². The first-order valence-corrected chi connectivity index (χ1v) is 11.8. The van der Waals surface area contributed by atoms with Crippen LogP contribution in [0.15, 0.2) is 18.2 Å². The molecule has 2 atom stereocenters. The van der Waals surface area contributed by atoms with Gasteiger partial charge in [-0.05, 0) is 81.8 Å². The lowest BCUT2D eigenvalue weighted by Crippen LogP contribution is -2.52. The third-order valence-electron chi connectivity index (χ3n) is 6.53. The number of fused-ring (bicyclic) bond motifs is 1. The molecule has 4 heterocycles. The van der Waals surface area contributed by atoms with E-state index in [2.05, 4.69) is 20.1 Å². The monoisotopic (exact) mass is 521 g/mol. The Morgan fingerprint density at radius 1 is 1.14 bits per heavy atom. The van der Waals surface area contributed by atoms with Gasteiger partial charge in [0.2, 0.25) is 0 Å². The number of cyclic esters (lactones) is 1. The van der Waals surface area contributed by atoms with Crippen LogP contribution in [0.4, 0.5) is 0 Å². The van der Waals surface area contributed by atoms with Crippen molar-refractivity contribution in [1.82, 2.24) is 24.6 Å². The molecule has 1 unspecified atom stereocenters. The summed E-state index contributed by atoms with van der Waals surface area (Å²) in [5.41, 5.74) is -6.33. The van der Waals surface area contributed by atoms with E-state index in [1.807, 2.05) is 0 Å². The van der Waals surface area contributed by atoms with Gasteiger partial charge >= 0.3 is 5.97 Å². The highest BCUT2D eigenvalue weighted by Crippen LogP contribution is 2.45. The van der Waals surface area contributed by atoms with Crippen LogP contribution in [0.3, 0.4) is 0 Å². The number of nitrogens with zero attached hydrogens (tertiary/aromatic N) is 5. The lowest BCUT2D eigenvalue weighted by Gasteiger charge is -2.43. The van der Waals surface area contributed by atoms with E-state index in [0.29, 0.717) is 24.2 Å². The number of ether oxygens (including phenoxy) is 1. The van der Waals surface area contributed by atoms with Crippen molar-refractivity contribution in [3.63, 3.8) is 0 Å². The highest BCUT2D eigenvalue weighted by molar-refractivity contribution is 6.01. The van der Waals surface area contributed by atoms with E-state index < -0.39 is 116 Å². The number of ketones is 1. The zero-order chi connectivity index (χ0) is 41.9. The predicted octanol–water partition coefficient (Wildman–Crippen LogP) is 4.50. The topological polar surface area (TPSA) is 99.3 Å². The average molecular weight is 522 g/mol. The van der Waals surface area contributed by atoms with Crippen molar-refractivity contribution in [3.05, 3.63) is 52.3 Å². The molecular weight excluding hydrogens is 466 g/mol. The molecule has 0 amide bonds. The lowest BCUT2D eigenvalue weighted by molar-refractivity contribution is -0.185. The van der Waals surface area contributed by atoms with Crippen LogP contribution in [0.5, 0.6) is 0 Å². The standard InChI is InChI=1S/C29H37N5O3/c1-5-22-14-20(15-23(6-2)31-22)11-12-29(21-9-7-8-10-21)17-25(35)24(27(36)37-29)16-26-32-28-30-18(3)13-19(4)34(28)33-26/h13-15,21,24H,5-12,16-17H2,1-4H3/t24?,29-/m1/s1/i1D3,2D3,5D2,6D2,11D2,12D2,14D,15D,16D2. The highest BCUT2D eigenvalue weighted by atomic mass is 16.6. The first-order valence-electron chi connectivity index (χ1n) is 20.8. The molecule has 1 saturated heterocycles. The Morgan fingerprint density at radius 2 is 1.86 bits per heavy atom. The molecule has 1 aliphatic carbocycles. The molecule has 8 heteroatoms. The second-order valence-electron chi connectivity index (χ2n) is 9.13. The summed E-state index contributed by atoms with van der Waals surface area (Å²) >= 11 is 0. The minimum Gasteiger partial charge on any atom is -0.458 e. The van der Waals surface area contributed by atoms with Gasteiger partial charge in [-0.15, -0.1) is 5.10 Å². The Morgan fingerprint density at radius 3 is 2.54 bits per heavy atom. The summed E-state index contributed by atoms with van der Waals surface area (Å²) in [5, 5.41) is 4.11. The molecule has 0 aromatic carbocycles. The fraction of sp³-hybridized carbons (Fsp3) is 0.586. The Labute approximate surface area is 243 Å². The second kappa shape index (κ2) is 10.3. The van der Waals surface area contributed by atoms with Gasteiger partial charge in [0.1, 0.15) is 11.5 Å². The van der Waals surface area contributed by atoms with Crippen molar-refractivity contribution in [2.24, 2.45) is 11.8 Å². The van der Waals surface area contributed by atoms with Gasteiger partial charge in [-0.25, -0.2) is 9.50 Å². The van der Waals surface area contributed by atoms with E-state index >= 15 is 0 Å². The lowest BCUT2D eigenvalue weighted by atomic mass is 9.73. The number of hydrogen-bond acceptors (Lipinski definition) is 7. The summed E-state index contributed by atoms with van der Waals surface area (Å²) < 4.78 is 159. The van der Waals surface area contributed by atoms with Crippen molar-refractivity contribution in [2.45, 2.75) is 97.1 Å². The Bertz CT molecular complexity index is 1980. The molecule has 0 spiro atoms. The first-order chi connectivity index (χ1) is 24.8. The maximum Gasteiger partial charge on any atom is 0.317 e. The van der Waals surface area contributed by atoms with Gasteiger partial charge in [0.05, 0.1) is 2.74 Å². The quantitative estimate of drug-likeness (QED) is 0.318. The zero-order valence-electron chi connectivity index (χ0n) is 38.2. The summed E-state index contributed by atoms with van der Waals surface area (Å²) in [7, 11) is 0. The molecule has 1 saturated carbocycles. The van der Waals surface area contributed by atoms with Gasteiger partial charge in [-0.3, -0.25) is 14.6 Å². The third kappa shape index (κ3) is 5.15. The van der Waals surface area contributed by atoms with E-state index in [1.165, 1.54) is 4.52 Å². The molecule has 0 radical (unpaired) electrons. The molecule has 2 aliphatic rings.